The third kappa shape index (κ3) is 3.96. The second-order valence-electron chi connectivity index (χ2n) is 8.10. The number of hydrogen-bond donors (Lipinski definition) is 1. The van der Waals surface area contributed by atoms with E-state index in [4.69, 9.17) is 9.72 Å². The van der Waals surface area contributed by atoms with Crippen molar-refractivity contribution >= 4 is 27.5 Å². The number of nitrogens with one attached hydrogen (secondary N) is 1. The minimum absolute atomic E-state index is 0.00345. The Morgan fingerprint density at radius 3 is 2.66 bits per heavy atom. The van der Waals surface area contributed by atoms with E-state index in [0.29, 0.717) is 26.3 Å². The molecular formula is C20H27N5O3S. The van der Waals surface area contributed by atoms with Crippen LogP contribution in [0.2, 0.25) is 0 Å². The van der Waals surface area contributed by atoms with Gasteiger partial charge in [-0.2, -0.15) is 0 Å². The van der Waals surface area contributed by atoms with Crippen LogP contribution in [0, 0.1) is 0 Å². The van der Waals surface area contributed by atoms with Crippen molar-refractivity contribution in [3.8, 4) is 0 Å². The van der Waals surface area contributed by atoms with Crippen molar-refractivity contribution in [2.75, 3.05) is 59.0 Å². The monoisotopic (exact) mass is 417 g/mol. The van der Waals surface area contributed by atoms with E-state index in [9.17, 15) is 9.59 Å². The number of nitrogens with zero attached hydrogens (tertiary/aromatic N) is 4. The summed E-state index contributed by atoms with van der Waals surface area (Å²) in [6, 6.07) is 0. The number of aromatic amines is 1. The standard InChI is InChI=1S/C20H27N5O3S/c26-17(13-24-8-10-28-11-9-24)25-6-4-23(5-7-25)12-16-21-19(27)18-14-2-1-3-15(14)29-20(18)22-16/h1-13H2,(H,21,22,27). The summed E-state index contributed by atoms with van der Waals surface area (Å²) in [5.41, 5.74) is 1.22. The maximum absolute atomic E-state index is 12.6. The highest BCUT2D eigenvalue weighted by Gasteiger charge is 2.25. The Bertz CT molecular complexity index is 957. The quantitative estimate of drug-likeness (QED) is 0.778. The van der Waals surface area contributed by atoms with Gasteiger partial charge in [0.1, 0.15) is 10.7 Å². The normalized spacial score (nSPS) is 21.0. The van der Waals surface area contributed by atoms with Gasteiger partial charge >= 0.3 is 0 Å². The Balaban J connectivity index is 1.19. The molecular weight excluding hydrogens is 390 g/mol. The second-order valence-corrected chi connectivity index (χ2v) is 9.18. The molecule has 1 amide bonds. The molecule has 0 spiro atoms. The summed E-state index contributed by atoms with van der Waals surface area (Å²) >= 11 is 1.68. The zero-order chi connectivity index (χ0) is 19.8. The van der Waals surface area contributed by atoms with Gasteiger partial charge in [-0.1, -0.05) is 0 Å². The first kappa shape index (κ1) is 19.2. The van der Waals surface area contributed by atoms with E-state index >= 15 is 0 Å². The molecule has 9 heteroatoms. The molecule has 0 atom stereocenters. The van der Waals surface area contributed by atoms with Crippen LogP contribution < -0.4 is 5.56 Å². The molecule has 2 aromatic heterocycles. The predicted molar refractivity (Wildman–Crippen MR) is 111 cm³/mol. The maximum atomic E-state index is 12.6. The summed E-state index contributed by atoms with van der Waals surface area (Å²) in [5, 5.41) is 0.810. The molecule has 2 aliphatic heterocycles. The lowest BCUT2D eigenvalue weighted by Gasteiger charge is -2.36. The fourth-order valence-electron chi connectivity index (χ4n) is 4.54. The fourth-order valence-corrected chi connectivity index (χ4v) is 5.82. The largest absolute Gasteiger partial charge is 0.379 e. The number of H-pyrrole nitrogens is 1. The first-order valence-electron chi connectivity index (χ1n) is 10.5. The molecule has 0 radical (unpaired) electrons. The van der Waals surface area contributed by atoms with Crippen molar-refractivity contribution < 1.29 is 9.53 Å². The Morgan fingerprint density at radius 1 is 1.07 bits per heavy atom. The number of morpholine rings is 1. The Hall–Kier alpha value is -1.81. The third-order valence-corrected chi connectivity index (χ3v) is 7.37. The van der Waals surface area contributed by atoms with Gasteiger partial charge in [0.25, 0.3) is 5.56 Å². The average molecular weight is 418 g/mol. The number of rotatable bonds is 4. The Morgan fingerprint density at radius 2 is 1.86 bits per heavy atom. The van der Waals surface area contributed by atoms with Gasteiger partial charge in [0.05, 0.1) is 31.7 Å². The van der Waals surface area contributed by atoms with E-state index in [1.165, 1.54) is 10.4 Å². The summed E-state index contributed by atoms with van der Waals surface area (Å²) < 4.78 is 5.35. The van der Waals surface area contributed by atoms with E-state index in [1.54, 1.807) is 11.3 Å². The van der Waals surface area contributed by atoms with Gasteiger partial charge in [-0.15, -0.1) is 11.3 Å². The molecule has 0 unspecified atom stereocenters. The second kappa shape index (κ2) is 8.14. The van der Waals surface area contributed by atoms with Crippen LogP contribution >= 0.6 is 11.3 Å². The lowest BCUT2D eigenvalue weighted by Crippen LogP contribution is -2.52. The lowest BCUT2D eigenvalue weighted by molar-refractivity contribution is -0.135. The van der Waals surface area contributed by atoms with E-state index in [-0.39, 0.29) is 11.5 Å². The molecule has 5 rings (SSSR count). The number of hydrogen-bond acceptors (Lipinski definition) is 7. The van der Waals surface area contributed by atoms with Crippen LogP contribution in [0.25, 0.3) is 10.2 Å². The zero-order valence-corrected chi connectivity index (χ0v) is 17.4. The highest BCUT2D eigenvalue weighted by molar-refractivity contribution is 7.18. The number of aryl methyl sites for hydroxylation is 2. The van der Waals surface area contributed by atoms with Crippen molar-refractivity contribution in [2.24, 2.45) is 0 Å². The van der Waals surface area contributed by atoms with Crippen LogP contribution in [0.5, 0.6) is 0 Å². The van der Waals surface area contributed by atoms with Crippen molar-refractivity contribution in [3.63, 3.8) is 0 Å². The van der Waals surface area contributed by atoms with Crippen LogP contribution in [-0.2, 0) is 28.9 Å². The van der Waals surface area contributed by atoms with Crippen LogP contribution in [0.1, 0.15) is 22.7 Å². The first-order valence-corrected chi connectivity index (χ1v) is 11.3. The maximum Gasteiger partial charge on any atom is 0.259 e. The molecule has 0 bridgehead atoms. The van der Waals surface area contributed by atoms with Crippen LogP contribution in [0.4, 0.5) is 0 Å². The van der Waals surface area contributed by atoms with Gasteiger partial charge in [-0.3, -0.25) is 19.4 Å². The predicted octanol–water partition coefficient (Wildman–Crippen LogP) is 0.450. The van der Waals surface area contributed by atoms with E-state index in [2.05, 4.69) is 14.8 Å². The average Bonchev–Trinajstić information content (AvgIpc) is 3.30. The molecule has 29 heavy (non-hydrogen) atoms. The lowest BCUT2D eigenvalue weighted by atomic mass is 10.2. The summed E-state index contributed by atoms with van der Waals surface area (Å²) in [6.45, 7) is 7.25. The van der Waals surface area contributed by atoms with Gasteiger partial charge in [-0.25, -0.2) is 4.98 Å². The number of carbonyl (C=O) groups excluding carboxylic acids is 1. The zero-order valence-electron chi connectivity index (χ0n) is 16.6. The number of fused-ring (bicyclic) bond motifs is 3. The number of amides is 1. The van der Waals surface area contributed by atoms with Crippen molar-refractivity contribution in [1.29, 1.82) is 0 Å². The van der Waals surface area contributed by atoms with Gasteiger partial charge in [0.2, 0.25) is 5.91 Å². The number of ether oxygens (including phenoxy) is 1. The Kier molecular flexibility index (Phi) is 5.38. The number of aromatic nitrogens is 2. The number of thiophene rings is 1. The highest BCUT2D eigenvalue weighted by Crippen LogP contribution is 2.34. The Labute approximate surface area is 173 Å². The van der Waals surface area contributed by atoms with Gasteiger partial charge in [-0.05, 0) is 24.8 Å². The molecule has 0 aromatic carbocycles. The van der Waals surface area contributed by atoms with E-state index in [0.717, 1.165) is 74.6 Å². The van der Waals surface area contributed by atoms with Crippen LogP contribution in [0.3, 0.4) is 0 Å². The summed E-state index contributed by atoms with van der Waals surface area (Å²) in [5.74, 6) is 0.933. The summed E-state index contributed by atoms with van der Waals surface area (Å²) in [7, 11) is 0. The fraction of sp³-hybridized carbons (Fsp3) is 0.650. The molecule has 1 N–H and O–H groups in total. The summed E-state index contributed by atoms with van der Waals surface area (Å²) in [4.78, 5) is 41.5. The van der Waals surface area contributed by atoms with Crippen LogP contribution in [-0.4, -0.2) is 89.6 Å². The van der Waals surface area contributed by atoms with Gasteiger partial charge < -0.3 is 14.6 Å². The molecule has 3 aliphatic rings. The molecule has 2 aromatic rings. The van der Waals surface area contributed by atoms with E-state index in [1.807, 2.05) is 4.90 Å². The smallest absolute Gasteiger partial charge is 0.259 e. The molecule has 2 fully saturated rings. The molecule has 156 valence electrons. The molecule has 8 nitrogen and oxygen atoms in total. The third-order valence-electron chi connectivity index (χ3n) is 6.19. The first-order chi connectivity index (χ1) is 14.2. The van der Waals surface area contributed by atoms with Crippen molar-refractivity contribution in [3.05, 3.63) is 26.6 Å². The molecule has 1 aliphatic carbocycles. The van der Waals surface area contributed by atoms with E-state index < -0.39 is 0 Å². The topological polar surface area (TPSA) is 81.8 Å². The van der Waals surface area contributed by atoms with Gasteiger partial charge in [0.15, 0.2) is 0 Å². The molecule has 2 saturated heterocycles. The highest BCUT2D eigenvalue weighted by atomic mass is 32.1. The van der Waals surface area contributed by atoms with Crippen LogP contribution in [0.15, 0.2) is 4.79 Å². The van der Waals surface area contributed by atoms with Gasteiger partial charge in [0, 0.05) is 44.1 Å². The molecule has 4 heterocycles. The minimum atomic E-state index is 0.00345. The minimum Gasteiger partial charge on any atom is -0.379 e. The van der Waals surface area contributed by atoms with Crippen molar-refractivity contribution in [1.82, 2.24) is 24.7 Å². The number of carbonyl (C=O) groups is 1. The van der Waals surface area contributed by atoms with Crippen molar-refractivity contribution in [2.45, 2.75) is 25.8 Å². The summed E-state index contributed by atoms with van der Waals surface area (Å²) in [6.07, 6.45) is 3.22. The molecule has 0 saturated carbocycles. The SMILES string of the molecule is O=C(CN1CCOCC1)N1CCN(Cc2nc3sc4c(c3c(=O)[nH]2)CCC4)CC1. The number of piperazine rings is 1.